The van der Waals surface area contributed by atoms with E-state index in [0.29, 0.717) is 6.04 Å². The van der Waals surface area contributed by atoms with Gasteiger partial charge in [-0.3, -0.25) is 0 Å². The molecule has 1 N–H and O–H groups in total. The van der Waals surface area contributed by atoms with E-state index in [-0.39, 0.29) is 0 Å². The van der Waals surface area contributed by atoms with Gasteiger partial charge in [0.1, 0.15) is 0 Å². The molecular weight excluding hydrogens is 330 g/mol. The van der Waals surface area contributed by atoms with Crippen molar-refractivity contribution in [1.82, 2.24) is 5.32 Å². The first-order chi connectivity index (χ1) is 10.3. The number of benzene rings is 1. The zero-order valence-corrected chi connectivity index (χ0v) is 14.0. The minimum absolute atomic E-state index is 0.423. The predicted octanol–water partition coefficient (Wildman–Crippen LogP) is 3.92. The summed E-state index contributed by atoms with van der Waals surface area (Å²) in [6, 6.07) is 4.69. The lowest BCUT2D eigenvalue weighted by Crippen LogP contribution is -2.21. The lowest BCUT2D eigenvalue weighted by Gasteiger charge is -2.22. The van der Waals surface area contributed by atoms with Crippen molar-refractivity contribution in [3.05, 3.63) is 22.2 Å². The van der Waals surface area contributed by atoms with Crippen LogP contribution < -0.4 is 14.8 Å². The van der Waals surface area contributed by atoms with Gasteiger partial charge in [0, 0.05) is 16.9 Å². The fraction of sp³-hybridized carbons (Fsp3) is 0.647. The van der Waals surface area contributed by atoms with Gasteiger partial charge < -0.3 is 14.8 Å². The molecule has 0 saturated heterocycles. The lowest BCUT2D eigenvalue weighted by atomic mass is 9.96. The molecule has 3 unspecified atom stereocenters. The predicted molar refractivity (Wildman–Crippen MR) is 85.9 cm³/mol. The van der Waals surface area contributed by atoms with Crippen LogP contribution in [-0.2, 0) is 0 Å². The molecule has 1 aromatic rings. The summed E-state index contributed by atoms with van der Waals surface area (Å²) in [4.78, 5) is 0. The van der Waals surface area contributed by atoms with Gasteiger partial charge in [0.05, 0.1) is 13.2 Å². The standard InChI is InChI=1S/C17H22BrNO2/c1-19-17(16-10-4-2-5-11(10)16)12-8-14-15(9-13(12)18)21-7-3-6-20-14/h8-11,16-17,19H,2-7H2,1H3. The summed E-state index contributed by atoms with van der Waals surface area (Å²) < 4.78 is 12.8. The van der Waals surface area contributed by atoms with Crippen LogP contribution in [0.3, 0.4) is 0 Å². The van der Waals surface area contributed by atoms with Crippen molar-refractivity contribution in [2.24, 2.45) is 17.8 Å². The van der Waals surface area contributed by atoms with Gasteiger partial charge in [-0.25, -0.2) is 0 Å². The van der Waals surface area contributed by atoms with Crippen LogP contribution >= 0.6 is 15.9 Å². The normalized spacial score (nSPS) is 31.4. The summed E-state index contributed by atoms with van der Waals surface area (Å²) in [7, 11) is 2.08. The first kappa shape index (κ1) is 13.9. The monoisotopic (exact) mass is 351 g/mol. The van der Waals surface area contributed by atoms with E-state index in [0.717, 1.165) is 53.4 Å². The van der Waals surface area contributed by atoms with Crippen molar-refractivity contribution in [2.75, 3.05) is 20.3 Å². The first-order valence-corrected chi connectivity index (χ1v) is 8.85. The van der Waals surface area contributed by atoms with Gasteiger partial charge in [-0.1, -0.05) is 22.4 Å². The number of fused-ring (bicyclic) bond motifs is 2. The quantitative estimate of drug-likeness (QED) is 0.895. The summed E-state index contributed by atoms with van der Waals surface area (Å²) in [5.74, 6) is 4.44. The Morgan fingerprint density at radius 2 is 1.76 bits per heavy atom. The molecule has 0 radical (unpaired) electrons. The topological polar surface area (TPSA) is 30.5 Å². The maximum atomic E-state index is 5.86. The number of hydrogen-bond donors (Lipinski definition) is 1. The third-order valence-corrected chi connectivity index (χ3v) is 6.06. The Morgan fingerprint density at radius 1 is 1.10 bits per heavy atom. The van der Waals surface area contributed by atoms with Crippen LogP contribution in [0.15, 0.2) is 16.6 Å². The zero-order chi connectivity index (χ0) is 14.4. The van der Waals surface area contributed by atoms with Crippen LogP contribution in [0.1, 0.15) is 37.3 Å². The van der Waals surface area contributed by atoms with Crippen molar-refractivity contribution >= 4 is 15.9 Å². The summed E-state index contributed by atoms with van der Waals surface area (Å²) in [6.45, 7) is 1.48. The van der Waals surface area contributed by atoms with Gasteiger partial charge in [-0.05, 0) is 55.3 Å². The molecule has 0 spiro atoms. The summed E-state index contributed by atoms with van der Waals surface area (Å²) >= 11 is 3.74. The fourth-order valence-electron chi connectivity index (χ4n) is 4.36. The summed E-state index contributed by atoms with van der Waals surface area (Å²) in [5.41, 5.74) is 1.32. The molecule has 3 nitrogen and oxygen atoms in total. The molecule has 1 aromatic carbocycles. The van der Waals surface area contributed by atoms with Gasteiger partial charge in [-0.2, -0.15) is 0 Å². The van der Waals surface area contributed by atoms with Crippen molar-refractivity contribution in [3.63, 3.8) is 0 Å². The van der Waals surface area contributed by atoms with E-state index in [9.17, 15) is 0 Å². The fourth-order valence-corrected chi connectivity index (χ4v) is 4.93. The van der Waals surface area contributed by atoms with Gasteiger partial charge in [0.2, 0.25) is 0 Å². The van der Waals surface area contributed by atoms with Crippen molar-refractivity contribution in [2.45, 2.75) is 31.7 Å². The maximum Gasteiger partial charge on any atom is 0.162 e. The minimum atomic E-state index is 0.423. The first-order valence-electron chi connectivity index (χ1n) is 8.06. The average molecular weight is 352 g/mol. The van der Waals surface area contributed by atoms with Crippen molar-refractivity contribution in [3.8, 4) is 11.5 Å². The van der Waals surface area contributed by atoms with Crippen molar-refractivity contribution in [1.29, 1.82) is 0 Å². The number of ether oxygens (including phenoxy) is 2. The van der Waals surface area contributed by atoms with E-state index in [1.165, 1.54) is 24.8 Å². The van der Waals surface area contributed by atoms with Crippen LogP contribution in [-0.4, -0.2) is 20.3 Å². The van der Waals surface area contributed by atoms with E-state index in [1.807, 2.05) is 0 Å². The maximum absolute atomic E-state index is 5.86. The zero-order valence-electron chi connectivity index (χ0n) is 12.4. The Balaban J connectivity index is 1.65. The number of hydrogen-bond acceptors (Lipinski definition) is 3. The summed E-state index contributed by atoms with van der Waals surface area (Å²) in [5, 5.41) is 3.55. The molecule has 0 bridgehead atoms. The molecule has 0 aromatic heterocycles. The van der Waals surface area contributed by atoms with E-state index in [4.69, 9.17) is 9.47 Å². The molecule has 0 amide bonds. The molecular formula is C17H22BrNO2. The number of rotatable bonds is 3. The van der Waals surface area contributed by atoms with Gasteiger partial charge in [-0.15, -0.1) is 0 Å². The third-order valence-electron chi connectivity index (χ3n) is 5.37. The second-order valence-electron chi connectivity index (χ2n) is 6.47. The molecule has 1 aliphatic heterocycles. The molecule has 2 saturated carbocycles. The van der Waals surface area contributed by atoms with Crippen molar-refractivity contribution < 1.29 is 9.47 Å². The average Bonchev–Trinajstić information content (AvgIpc) is 3.03. The van der Waals surface area contributed by atoms with Crippen LogP contribution in [0.5, 0.6) is 11.5 Å². The molecule has 114 valence electrons. The highest BCUT2D eigenvalue weighted by atomic mass is 79.9. The van der Waals surface area contributed by atoms with E-state index >= 15 is 0 Å². The molecule has 4 rings (SSSR count). The molecule has 1 heterocycles. The van der Waals surface area contributed by atoms with Gasteiger partial charge in [0.25, 0.3) is 0 Å². The molecule has 21 heavy (non-hydrogen) atoms. The second-order valence-corrected chi connectivity index (χ2v) is 7.33. The minimum Gasteiger partial charge on any atom is -0.490 e. The highest BCUT2D eigenvalue weighted by Gasteiger charge is 2.56. The van der Waals surface area contributed by atoms with Crippen LogP contribution in [0.25, 0.3) is 0 Å². The number of halogens is 1. The molecule has 3 aliphatic rings. The number of nitrogens with one attached hydrogen (secondary N) is 1. The van der Waals surface area contributed by atoms with Crippen LogP contribution in [0, 0.1) is 17.8 Å². The second kappa shape index (κ2) is 5.47. The molecule has 3 atom stereocenters. The SMILES string of the molecule is CNC(c1cc2c(cc1Br)OCCCO2)C1C2CCCC21. The Labute approximate surface area is 134 Å². The van der Waals surface area contributed by atoms with E-state index < -0.39 is 0 Å². The smallest absolute Gasteiger partial charge is 0.162 e. The molecule has 2 aliphatic carbocycles. The Morgan fingerprint density at radius 3 is 2.43 bits per heavy atom. The lowest BCUT2D eigenvalue weighted by molar-refractivity contribution is 0.296. The van der Waals surface area contributed by atoms with Gasteiger partial charge >= 0.3 is 0 Å². The van der Waals surface area contributed by atoms with E-state index in [1.54, 1.807) is 0 Å². The van der Waals surface area contributed by atoms with E-state index in [2.05, 4.69) is 40.4 Å². The molecule has 4 heteroatoms. The third kappa shape index (κ3) is 2.36. The Kier molecular flexibility index (Phi) is 3.62. The molecule has 2 fully saturated rings. The van der Waals surface area contributed by atoms with Crippen LogP contribution in [0.4, 0.5) is 0 Å². The van der Waals surface area contributed by atoms with Gasteiger partial charge in [0.15, 0.2) is 11.5 Å². The Hall–Kier alpha value is -0.740. The highest BCUT2D eigenvalue weighted by molar-refractivity contribution is 9.10. The highest BCUT2D eigenvalue weighted by Crippen LogP contribution is 2.62. The summed E-state index contributed by atoms with van der Waals surface area (Å²) in [6.07, 6.45) is 5.19. The largest absolute Gasteiger partial charge is 0.490 e. The Bertz CT molecular complexity index is 538. The van der Waals surface area contributed by atoms with Crippen LogP contribution in [0.2, 0.25) is 0 Å².